The molecule has 0 aliphatic heterocycles. The molecule has 25 heavy (non-hydrogen) atoms. The monoisotopic (exact) mass is 348 g/mol. The molecule has 2 aromatic rings. The Balaban J connectivity index is 1.65. The van der Waals surface area contributed by atoms with Crippen molar-refractivity contribution in [1.29, 1.82) is 0 Å². The van der Waals surface area contributed by atoms with E-state index in [1.807, 2.05) is 42.5 Å². The van der Waals surface area contributed by atoms with Crippen LogP contribution in [0.3, 0.4) is 0 Å². The summed E-state index contributed by atoms with van der Waals surface area (Å²) >= 11 is 0. The Bertz CT molecular complexity index is 604. The third-order valence-corrected chi connectivity index (χ3v) is 3.41. The molecular formula is C19H24O6. The maximum atomic E-state index is 5.71. The van der Waals surface area contributed by atoms with Gasteiger partial charge >= 0.3 is 0 Å². The Morgan fingerprint density at radius 3 is 1.72 bits per heavy atom. The topological polar surface area (TPSA) is 55.4 Å². The first-order valence-electron chi connectivity index (χ1n) is 7.97. The summed E-state index contributed by atoms with van der Waals surface area (Å²) in [7, 11) is 4.82. The van der Waals surface area contributed by atoms with Gasteiger partial charge in [0.2, 0.25) is 5.75 Å². The highest BCUT2D eigenvalue weighted by Crippen LogP contribution is 2.36. The summed E-state index contributed by atoms with van der Waals surface area (Å²) in [4.78, 5) is 0. The van der Waals surface area contributed by atoms with Crippen molar-refractivity contribution in [1.82, 2.24) is 0 Å². The quantitative estimate of drug-likeness (QED) is 0.581. The van der Waals surface area contributed by atoms with Gasteiger partial charge in [-0.3, -0.25) is 0 Å². The number of hydrogen-bond donors (Lipinski definition) is 0. The molecular weight excluding hydrogens is 324 g/mol. The third-order valence-electron chi connectivity index (χ3n) is 3.41. The van der Waals surface area contributed by atoms with Gasteiger partial charge in [0.15, 0.2) is 11.5 Å². The summed E-state index contributed by atoms with van der Waals surface area (Å²) in [5, 5.41) is 0. The Morgan fingerprint density at radius 2 is 1.16 bits per heavy atom. The van der Waals surface area contributed by atoms with Gasteiger partial charge in [-0.2, -0.15) is 0 Å². The first-order valence-corrected chi connectivity index (χ1v) is 7.97. The van der Waals surface area contributed by atoms with Crippen molar-refractivity contribution in [3.05, 3.63) is 42.5 Å². The van der Waals surface area contributed by atoms with Crippen LogP contribution < -0.4 is 23.7 Å². The van der Waals surface area contributed by atoms with E-state index >= 15 is 0 Å². The second-order valence-corrected chi connectivity index (χ2v) is 4.98. The Kier molecular flexibility index (Phi) is 7.72. The highest BCUT2D eigenvalue weighted by molar-refractivity contribution is 5.51. The average Bonchev–Trinajstić information content (AvgIpc) is 2.67. The van der Waals surface area contributed by atoms with Crippen LogP contribution in [0.25, 0.3) is 0 Å². The standard InChI is InChI=1S/C19H24O6/c1-20-15-7-9-16(10-8-15)24-13-11-23-12-14-25-19-17(21-2)5-4-6-18(19)22-3/h4-10H,11-14H2,1-3H3. The van der Waals surface area contributed by atoms with Crippen LogP contribution in [-0.2, 0) is 4.74 Å². The summed E-state index contributed by atoms with van der Waals surface area (Å²) in [6.45, 7) is 1.76. The first-order chi connectivity index (χ1) is 12.3. The van der Waals surface area contributed by atoms with Gasteiger partial charge in [-0.05, 0) is 36.4 Å². The van der Waals surface area contributed by atoms with Crippen LogP contribution in [0, 0.1) is 0 Å². The van der Waals surface area contributed by atoms with Crippen LogP contribution in [0.15, 0.2) is 42.5 Å². The van der Waals surface area contributed by atoms with Gasteiger partial charge < -0.3 is 28.4 Å². The van der Waals surface area contributed by atoms with Crippen molar-refractivity contribution in [2.45, 2.75) is 0 Å². The zero-order valence-corrected chi connectivity index (χ0v) is 14.8. The smallest absolute Gasteiger partial charge is 0.203 e. The number of rotatable bonds is 11. The lowest BCUT2D eigenvalue weighted by Crippen LogP contribution is -2.12. The zero-order chi connectivity index (χ0) is 17.9. The second-order valence-electron chi connectivity index (χ2n) is 4.98. The normalized spacial score (nSPS) is 10.2. The molecule has 0 unspecified atom stereocenters. The van der Waals surface area contributed by atoms with E-state index in [4.69, 9.17) is 28.4 Å². The maximum absolute atomic E-state index is 5.71. The van der Waals surface area contributed by atoms with E-state index < -0.39 is 0 Å². The summed E-state index contributed by atoms with van der Waals surface area (Å²) < 4.78 is 32.5. The minimum absolute atomic E-state index is 0.388. The number of ether oxygens (including phenoxy) is 6. The van der Waals surface area contributed by atoms with E-state index in [0.29, 0.717) is 43.7 Å². The molecule has 2 aromatic carbocycles. The maximum Gasteiger partial charge on any atom is 0.203 e. The molecule has 0 heterocycles. The van der Waals surface area contributed by atoms with Crippen LogP contribution in [-0.4, -0.2) is 47.8 Å². The SMILES string of the molecule is COc1ccc(OCCOCCOc2c(OC)cccc2OC)cc1. The number of methoxy groups -OCH3 is 3. The van der Waals surface area contributed by atoms with E-state index in [1.165, 1.54) is 0 Å². The fourth-order valence-corrected chi connectivity index (χ4v) is 2.15. The van der Waals surface area contributed by atoms with Gasteiger partial charge in [0.25, 0.3) is 0 Å². The van der Waals surface area contributed by atoms with E-state index in [1.54, 1.807) is 21.3 Å². The van der Waals surface area contributed by atoms with Crippen molar-refractivity contribution in [3.63, 3.8) is 0 Å². The number of hydrogen-bond acceptors (Lipinski definition) is 6. The van der Waals surface area contributed by atoms with Gasteiger partial charge in [0.05, 0.1) is 34.5 Å². The van der Waals surface area contributed by atoms with Gasteiger partial charge in [-0.15, -0.1) is 0 Å². The van der Waals surface area contributed by atoms with E-state index in [2.05, 4.69) is 0 Å². The summed E-state index contributed by atoms with van der Waals surface area (Å²) in [5.74, 6) is 3.40. The van der Waals surface area contributed by atoms with E-state index in [0.717, 1.165) is 11.5 Å². The van der Waals surface area contributed by atoms with Crippen molar-refractivity contribution < 1.29 is 28.4 Å². The number of para-hydroxylation sites is 1. The highest BCUT2D eigenvalue weighted by atomic mass is 16.6. The van der Waals surface area contributed by atoms with Crippen LogP contribution in [0.5, 0.6) is 28.7 Å². The summed E-state index contributed by atoms with van der Waals surface area (Å²) in [6.07, 6.45) is 0. The lowest BCUT2D eigenvalue weighted by Gasteiger charge is -2.14. The molecule has 0 aliphatic rings. The molecule has 0 atom stereocenters. The molecule has 6 nitrogen and oxygen atoms in total. The van der Waals surface area contributed by atoms with Crippen LogP contribution in [0.4, 0.5) is 0 Å². The highest BCUT2D eigenvalue weighted by Gasteiger charge is 2.10. The minimum Gasteiger partial charge on any atom is -0.497 e. The largest absolute Gasteiger partial charge is 0.497 e. The number of benzene rings is 2. The summed E-state index contributed by atoms with van der Waals surface area (Å²) in [5.41, 5.74) is 0. The molecule has 136 valence electrons. The molecule has 0 radical (unpaired) electrons. The third kappa shape index (κ3) is 5.76. The minimum atomic E-state index is 0.388. The van der Waals surface area contributed by atoms with Crippen molar-refractivity contribution in [3.8, 4) is 28.7 Å². The zero-order valence-electron chi connectivity index (χ0n) is 14.8. The molecule has 0 fully saturated rings. The van der Waals surface area contributed by atoms with E-state index in [9.17, 15) is 0 Å². The summed E-state index contributed by atoms with van der Waals surface area (Å²) in [6, 6.07) is 12.9. The van der Waals surface area contributed by atoms with Gasteiger partial charge in [0, 0.05) is 0 Å². The molecule has 0 spiro atoms. The van der Waals surface area contributed by atoms with E-state index in [-0.39, 0.29) is 0 Å². The van der Waals surface area contributed by atoms with Gasteiger partial charge in [-0.25, -0.2) is 0 Å². The molecule has 0 aliphatic carbocycles. The fourth-order valence-electron chi connectivity index (χ4n) is 2.15. The molecule has 6 heteroatoms. The predicted octanol–water partition coefficient (Wildman–Crippen LogP) is 3.19. The van der Waals surface area contributed by atoms with Crippen molar-refractivity contribution >= 4 is 0 Å². The second kappa shape index (κ2) is 10.3. The lowest BCUT2D eigenvalue weighted by atomic mass is 10.3. The molecule has 0 amide bonds. The Labute approximate surface area is 148 Å². The first kappa shape index (κ1) is 18.7. The predicted molar refractivity (Wildman–Crippen MR) is 94.3 cm³/mol. The average molecular weight is 348 g/mol. The van der Waals surface area contributed by atoms with Gasteiger partial charge in [-0.1, -0.05) is 6.07 Å². The molecule has 0 bridgehead atoms. The molecule has 0 aromatic heterocycles. The van der Waals surface area contributed by atoms with Gasteiger partial charge in [0.1, 0.15) is 24.7 Å². The van der Waals surface area contributed by atoms with Crippen LogP contribution >= 0.6 is 0 Å². The molecule has 0 saturated heterocycles. The lowest BCUT2D eigenvalue weighted by molar-refractivity contribution is 0.0749. The fraction of sp³-hybridized carbons (Fsp3) is 0.368. The molecule has 0 saturated carbocycles. The Morgan fingerprint density at radius 1 is 0.600 bits per heavy atom. The van der Waals surface area contributed by atoms with Crippen molar-refractivity contribution in [2.75, 3.05) is 47.8 Å². The molecule has 2 rings (SSSR count). The Hall–Kier alpha value is -2.60. The van der Waals surface area contributed by atoms with Crippen molar-refractivity contribution in [2.24, 2.45) is 0 Å². The van der Waals surface area contributed by atoms with Crippen LogP contribution in [0.2, 0.25) is 0 Å². The van der Waals surface area contributed by atoms with Crippen LogP contribution in [0.1, 0.15) is 0 Å². The molecule has 0 N–H and O–H groups in total.